The van der Waals surface area contributed by atoms with E-state index in [1.807, 2.05) is 6.07 Å². The Bertz CT molecular complexity index is 1490. The molecule has 1 fully saturated rings. The quantitative estimate of drug-likeness (QED) is 0.343. The average molecular weight is 552 g/mol. The van der Waals surface area contributed by atoms with Gasteiger partial charge in [-0.1, -0.05) is 40.2 Å². The molecule has 1 aliphatic heterocycles. The zero-order valence-corrected chi connectivity index (χ0v) is 21.0. The first kappa shape index (κ1) is 24.1. The lowest BCUT2D eigenvalue weighted by molar-refractivity contribution is 0.0346. The lowest BCUT2D eigenvalue weighted by atomic mass is 10.1. The number of nitrogens with one attached hydrogen (secondary N) is 1. The topological polar surface area (TPSA) is 82.5 Å². The maximum absolute atomic E-state index is 13.8. The summed E-state index contributed by atoms with van der Waals surface area (Å²) in [6, 6.07) is 18.6. The Balaban J connectivity index is 1.45. The predicted molar refractivity (Wildman–Crippen MR) is 138 cm³/mol. The van der Waals surface area contributed by atoms with Gasteiger partial charge in [-0.25, -0.2) is 9.37 Å². The number of hydrogen-bond acceptors (Lipinski definition) is 5. The summed E-state index contributed by atoms with van der Waals surface area (Å²) >= 11 is 3.41. The molecule has 1 aliphatic rings. The number of hydrogen-bond donors (Lipinski definition) is 1. The van der Waals surface area contributed by atoms with Gasteiger partial charge in [0.1, 0.15) is 0 Å². The van der Waals surface area contributed by atoms with Crippen molar-refractivity contribution in [2.45, 2.75) is 31.6 Å². The number of methoxy groups -OCH3 is 1. The average Bonchev–Trinajstić information content (AvgIpc) is 3.35. The molecule has 5 rings (SSSR count). The third-order valence-corrected chi connectivity index (χ3v) is 6.71. The van der Waals surface area contributed by atoms with Crippen LogP contribution in [-0.2, 0) is 11.3 Å². The molecule has 0 aliphatic carbocycles. The summed E-state index contributed by atoms with van der Waals surface area (Å²) in [6.45, 7) is 0.205. The van der Waals surface area contributed by atoms with Gasteiger partial charge in [-0.2, -0.15) is 0 Å². The Kier molecular flexibility index (Phi) is 6.84. The van der Waals surface area contributed by atoms with Gasteiger partial charge in [0.05, 0.1) is 36.8 Å². The molecule has 2 heterocycles. The smallest absolute Gasteiger partial charge is 0.262 e. The van der Waals surface area contributed by atoms with Crippen molar-refractivity contribution in [3.8, 4) is 5.75 Å². The molecule has 36 heavy (non-hydrogen) atoms. The van der Waals surface area contributed by atoms with Gasteiger partial charge in [0.25, 0.3) is 11.5 Å². The molecule has 2 unspecified atom stereocenters. The van der Waals surface area contributed by atoms with Crippen molar-refractivity contribution in [2.75, 3.05) is 12.4 Å². The number of rotatable bonds is 6. The summed E-state index contributed by atoms with van der Waals surface area (Å²) in [7, 11) is 1.42. The second-order valence-electron chi connectivity index (χ2n) is 8.55. The van der Waals surface area contributed by atoms with Gasteiger partial charge >= 0.3 is 0 Å². The van der Waals surface area contributed by atoms with E-state index < -0.39 is 5.82 Å². The van der Waals surface area contributed by atoms with Crippen molar-refractivity contribution in [1.29, 1.82) is 0 Å². The van der Waals surface area contributed by atoms with Gasteiger partial charge in [0, 0.05) is 10.0 Å². The molecule has 0 saturated carbocycles. The standard InChI is InChI=1S/C27H23BrFN3O4/c1-35-24-13-17(7-11-21(24)29)23-12-9-19(36-23)15-32-26(34)20-10-8-18(28)14-22(20)30-27(32)31-25(33)16-5-3-2-4-6-16/h2-8,10-11,13-14,19,23H,9,12,15H2,1H3,(H,30,31,33). The lowest BCUT2D eigenvalue weighted by Crippen LogP contribution is -2.31. The summed E-state index contributed by atoms with van der Waals surface area (Å²) in [4.78, 5) is 31.0. The molecule has 184 valence electrons. The van der Waals surface area contributed by atoms with Crippen LogP contribution in [-0.4, -0.2) is 28.7 Å². The molecule has 1 amide bonds. The number of benzene rings is 3. The van der Waals surface area contributed by atoms with Crippen molar-refractivity contribution in [3.63, 3.8) is 0 Å². The molecule has 0 spiro atoms. The maximum atomic E-state index is 13.8. The summed E-state index contributed by atoms with van der Waals surface area (Å²) < 4.78 is 27.4. The number of carbonyl (C=O) groups is 1. The highest BCUT2D eigenvalue weighted by atomic mass is 79.9. The van der Waals surface area contributed by atoms with E-state index in [1.54, 1.807) is 54.6 Å². The third-order valence-electron chi connectivity index (χ3n) is 6.22. The third kappa shape index (κ3) is 4.89. The molecule has 0 radical (unpaired) electrons. The number of ether oxygens (including phenoxy) is 2. The van der Waals surface area contributed by atoms with Crippen LogP contribution in [0.25, 0.3) is 10.9 Å². The molecule has 7 nitrogen and oxygen atoms in total. The summed E-state index contributed by atoms with van der Waals surface area (Å²) in [5.74, 6) is -0.495. The molecule has 4 aromatic rings. The van der Waals surface area contributed by atoms with Crippen molar-refractivity contribution >= 4 is 38.7 Å². The Labute approximate surface area is 215 Å². The number of amides is 1. The van der Waals surface area contributed by atoms with E-state index in [1.165, 1.54) is 17.7 Å². The Hall–Kier alpha value is -3.56. The lowest BCUT2D eigenvalue weighted by Gasteiger charge is -2.19. The van der Waals surface area contributed by atoms with Gasteiger partial charge in [0.2, 0.25) is 5.95 Å². The van der Waals surface area contributed by atoms with E-state index in [4.69, 9.17) is 9.47 Å². The number of halogens is 2. The van der Waals surface area contributed by atoms with Crippen molar-refractivity contribution in [3.05, 3.63) is 98.5 Å². The van der Waals surface area contributed by atoms with Crippen molar-refractivity contribution in [1.82, 2.24) is 9.55 Å². The van der Waals surface area contributed by atoms with Gasteiger partial charge in [-0.15, -0.1) is 0 Å². The van der Waals surface area contributed by atoms with Crippen LogP contribution in [0, 0.1) is 5.82 Å². The minimum Gasteiger partial charge on any atom is -0.494 e. The highest BCUT2D eigenvalue weighted by molar-refractivity contribution is 9.10. The molecule has 9 heteroatoms. The normalized spacial score (nSPS) is 17.3. The fourth-order valence-electron chi connectivity index (χ4n) is 4.39. The molecule has 3 aromatic carbocycles. The molecular weight excluding hydrogens is 529 g/mol. The summed E-state index contributed by atoms with van der Waals surface area (Å²) in [5, 5.41) is 3.24. The molecule has 2 atom stereocenters. The fraction of sp³-hybridized carbons (Fsp3) is 0.222. The van der Waals surface area contributed by atoms with E-state index in [9.17, 15) is 14.0 Å². The summed E-state index contributed by atoms with van der Waals surface area (Å²) in [5.41, 5.74) is 1.46. The SMILES string of the molecule is COc1cc(C2CCC(Cn3c(NC(=O)c4ccccc4)nc4cc(Br)ccc4c3=O)O2)ccc1F. The van der Waals surface area contributed by atoms with Crippen molar-refractivity contribution in [2.24, 2.45) is 0 Å². The zero-order valence-electron chi connectivity index (χ0n) is 19.4. The predicted octanol–water partition coefficient (Wildman–Crippen LogP) is 5.48. The second kappa shape index (κ2) is 10.2. The number of nitrogens with zero attached hydrogens (tertiary/aromatic N) is 2. The first-order chi connectivity index (χ1) is 17.4. The second-order valence-corrected chi connectivity index (χ2v) is 9.47. The number of anilines is 1. The number of aromatic nitrogens is 2. The maximum Gasteiger partial charge on any atom is 0.262 e. The van der Waals surface area contributed by atoms with Crippen LogP contribution in [0.5, 0.6) is 5.75 Å². The van der Waals surface area contributed by atoms with Gasteiger partial charge in [-0.05, 0) is 60.9 Å². The van der Waals surface area contributed by atoms with Gasteiger partial charge in [0.15, 0.2) is 11.6 Å². The first-order valence-electron chi connectivity index (χ1n) is 11.5. The van der Waals surface area contributed by atoms with Gasteiger partial charge in [-0.3, -0.25) is 19.5 Å². The Morgan fingerprint density at radius 1 is 1.17 bits per heavy atom. The van der Waals surface area contributed by atoms with Gasteiger partial charge < -0.3 is 9.47 Å². The molecule has 0 bridgehead atoms. The first-order valence-corrected chi connectivity index (χ1v) is 12.3. The number of fused-ring (bicyclic) bond motifs is 1. The molecule has 1 aromatic heterocycles. The highest BCUT2D eigenvalue weighted by Gasteiger charge is 2.29. The highest BCUT2D eigenvalue weighted by Crippen LogP contribution is 2.35. The molecule has 1 N–H and O–H groups in total. The zero-order chi connectivity index (χ0) is 25.2. The molecule has 1 saturated heterocycles. The van der Waals surface area contributed by atoms with Crippen LogP contribution in [0.1, 0.15) is 34.9 Å². The monoisotopic (exact) mass is 551 g/mol. The van der Waals surface area contributed by atoms with E-state index >= 15 is 0 Å². The van der Waals surface area contributed by atoms with E-state index in [0.29, 0.717) is 29.3 Å². The molecular formula is C27H23BrFN3O4. The van der Waals surface area contributed by atoms with Crippen LogP contribution in [0.3, 0.4) is 0 Å². The van der Waals surface area contributed by atoms with Crippen LogP contribution in [0.2, 0.25) is 0 Å². The minimum absolute atomic E-state index is 0.148. The van der Waals surface area contributed by atoms with Crippen LogP contribution >= 0.6 is 15.9 Å². The Morgan fingerprint density at radius 2 is 1.97 bits per heavy atom. The van der Waals surface area contributed by atoms with Crippen LogP contribution in [0.4, 0.5) is 10.3 Å². The minimum atomic E-state index is -0.435. The van der Waals surface area contributed by atoms with E-state index in [2.05, 4.69) is 26.2 Å². The fourth-order valence-corrected chi connectivity index (χ4v) is 4.74. The van der Waals surface area contributed by atoms with E-state index in [0.717, 1.165) is 10.0 Å². The van der Waals surface area contributed by atoms with Crippen LogP contribution < -0.4 is 15.6 Å². The Morgan fingerprint density at radius 3 is 2.75 bits per heavy atom. The number of carbonyl (C=O) groups excluding carboxylic acids is 1. The van der Waals surface area contributed by atoms with Crippen molar-refractivity contribution < 1.29 is 18.7 Å². The van der Waals surface area contributed by atoms with Crippen LogP contribution in [0.15, 0.2) is 76.0 Å². The largest absolute Gasteiger partial charge is 0.494 e. The summed E-state index contributed by atoms with van der Waals surface area (Å²) in [6.07, 6.45) is 0.826. The van der Waals surface area contributed by atoms with E-state index in [-0.39, 0.29) is 41.9 Å².